The lowest BCUT2D eigenvalue weighted by molar-refractivity contribution is -0.126. The zero-order valence-corrected chi connectivity index (χ0v) is 13.7. The topological polar surface area (TPSA) is 78.3 Å². The van der Waals surface area contributed by atoms with E-state index in [1.54, 1.807) is 24.5 Å². The fourth-order valence-corrected chi connectivity index (χ4v) is 2.79. The maximum Gasteiger partial charge on any atom is 0.258 e. The Balaban J connectivity index is 1.58. The molecule has 0 spiro atoms. The number of ether oxygens (including phenoxy) is 2. The van der Waals surface area contributed by atoms with Gasteiger partial charge in [0.15, 0.2) is 6.61 Å². The largest absolute Gasteiger partial charge is 0.482 e. The lowest BCUT2D eigenvalue weighted by Crippen LogP contribution is -2.44. The van der Waals surface area contributed by atoms with Gasteiger partial charge in [0.1, 0.15) is 11.9 Å². The summed E-state index contributed by atoms with van der Waals surface area (Å²) >= 11 is 0. The van der Waals surface area contributed by atoms with Crippen LogP contribution in [0.5, 0.6) is 5.75 Å². The minimum Gasteiger partial charge on any atom is -0.482 e. The zero-order chi connectivity index (χ0) is 16.8. The molecule has 0 saturated carbocycles. The van der Waals surface area contributed by atoms with Crippen LogP contribution < -0.4 is 10.1 Å². The van der Waals surface area contributed by atoms with Crippen molar-refractivity contribution in [1.29, 1.82) is 0 Å². The smallest absolute Gasteiger partial charge is 0.258 e. The Hall–Kier alpha value is -2.41. The summed E-state index contributed by atoms with van der Waals surface area (Å²) in [6, 6.07) is 3.47. The summed E-state index contributed by atoms with van der Waals surface area (Å²) in [4.78, 5) is 16.1. The Morgan fingerprint density at radius 2 is 2.42 bits per heavy atom. The minimum atomic E-state index is -0.165. The first-order valence-corrected chi connectivity index (χ1v) is 8.22. The number of nitrogens with zero attached hydrogens (tertiary/aromatic N) is 3. The normalized spacial score (nSPS) is 20.5. The van der Waals surface area contributed by atoms with E-state index >= 15 is 0 Å². The summed E-state index contributed by atoms with van der Waals surface area (Å²) in [6.07, 6.45) is 8.66. The number of aryl methyl sites for hydroxylation is 1. The minimum absolute atomic E-state index is 0.0386. The fraction of sp³-hybridized carbons (Fsp3) is 0.471. The molecular formula is C17H22N4O3. The highest BCUT2D eigenvalue weighted by molar-refractivity contribution is 5.77. The van der Waals surface area contributed by atoms with Crippen LogP contribution in [0.1, 0.15) is 31.4 Å². The van der Waals surface area contributed by atoms with Crippen LogP contribution in [0.2, 0.25) is 0 Å². The maximum atomic E-state index is 12.2. The van der Waals surface area contributed by atoms with Gasteiger partial charge in [0.05, 0.1) is 18.4 Å². The highest BCUT2D eigenvalue weighted by Gasteiger charge is 2.29. The monoisotopic (exact) mass is 330 g/mol. The van der Waals surface area contributed by atoms with E-state index in [4.69, 9.17) is 9.47 Å². The van der Waals surface area contributed by atoms with Gasteiger partial charge in [-0.25, -0.2) is 0 Å². The second-order valence-electron chi connectivity index (χ2n) is 5.71. The highest BCUT2D eigenvalue weighted by atomic mass is 16.5. The predicted molar refractivity (Wildman–Crippen MR) is 87.5 cm³/mol. The molecule has 3 heterocycles. The first-order chi connectivity index (χ1) is 11.8. The van der Waals surface area contributed by atoms with Crippen molar-refractivity contribution in [3.05, 3.63) is 42.5 Å². The van der Waals surface area contributed by atoms with Crippen molar-refractivity contribution in [2.75, 3.05) is 13.2 Å². The number of hydrogen-bond acceptors (Lipinski definition) is 5. The van der Waals surface area contributed by atoms with Crippen LogP contribution in [0.25, 0.3) is 0 Å². The highest BCUT2D eigenvalue weighted by Crippen LogP contribution is 2.28. The van der Waals surface area contributed by atoms with Gasteiger partial charge in [0.25, 0.3) is 5.91 Å². The molecule has 2 aromatic rings. The molecule has 1 saturated heterocycles. The van der Waals surface area contributed by atoms with E-state index in [2.05, 4.69) is 15.4 Å². The molecule has 2 atom stereocenters. The average Bonchev–Trinajstić information content (AvgIpc) is 3.10. The molecule has 7 nitrogen and oxygen atoms in total. The van der Waals surface area contributed by atoms with Gasteiger partial charge in [-0.05, 0) is 31.9 Å². The van der Waals surface area contributed by atoms with Gasteiger partial charge in [0, 0.05) is 31.1 Å². The molecule has 24 heavy (non-hydrogen) atoms. The Bertz CT molecular complexity index is 659. The van der Waals surface area contributed by atoms with E-state index in [9.17, 15) is 4.79 Å². The molecule has 3 rings (SSSR count). The maximum absolute atomic E-state index is 12.2. The number of rotatable bonds is 6. The van der Waals surface area contributed by atoms with E-state index in [0.29, 0.717) is 12.4 Å². The lowest BCUT2D eigenvalue weighted by atomic mass is 9.98. The second kappa shape index (κ2) is 7.92. The van der Waals surface area contributed by atoms with Crippen molar-refractivity contribution < 1.29 is 14.3 Å². The van der Waals surface area contributed by atoms with E-state index in [0.717, 1.165) is 24.9 Å². The fourth-order valence-electron chi connectivity index (χ4n) is 2.79. The number of nitrogens with one attached hydrogen (secondary N) is 1. The van der Waals surface area contributed by atoms with Crippen LogP contribution in [0, 0.1) is 0 Å². The zero-order valence-electron chi connectivity index (χ0n) is 13.7. The van der Waals surface area contributed by atoms with E-state index in [1.165, 1.54) is 0 Å². The molecule has 0 unspecified atom stereocenters. The third-order valence-corrected chi connectivity index (χ3v) is 3.98. The molecule has 1 aliphatic rings. The summed E-state index contributed by atoms with van der Waals surface area (Å²) in [7, 11) is 0. The van der Waals surface area contributed by atoms with Crippen molar-refractivity contribution in [2.24, 2.45) is 0 Å². The van der Waals surface area contributed by atoms with Gasteiger partial charge in [0.2, 0.25) is 0 Å². The number of carbonyl (C=O) groups excluding carboxylic acids is 1. The quantitative estimate of drug-likeness (QED) is 0.872. The third-order valence-electron chi connectivity index (χ3n) is 3.98. The first-order valence-electron chi connectivity index (χ1n) is 8.22. The van der Waals surface area contributed by atoms with Gasteiger partial charge >= 0.3 is 0 Å². The van der Waals surface area contributed by atoms with Crippen molar-refractivity contribution >= 4 is 5.91 Å². The Labute approximate surface area is 141 Å². The van der Waals surface area contributed by atoms with Crippen LogP contribution in [-0.2, 0) is 16.1 Å². The molecule has 0 aromatic carbocycles. The van der Waals surface area contributed by atoms with Crippen molar-refractivity contribution in [2.45, 2.75) is 38.5 Å². The lowest BCUT2D eigenvalue weighted by Gasteiger charge is -2.31. The van der Waals surface area contributed by atoms with Crippen LogP contribution in [-0.4, -0.2) is 39.9 Å². The average molecular weight is 330 g/mol. The molecule has 0 radical (unpaired) electrons. The molecule has 1 fully saturated rings. The second-order valence-corrected chi connectivity index (χ2v) is 5.71. The van der Waals surface area contributed by atoms with Gasteiger partial charge in [-0.15, -0.1) is 0 Å². The van der Waals surface area contributed by atoms with Crippen molar-refractivity contribution in [3.8, 4) is 5.75 Å². The number of amides is 1. The van der Waals surface area contributed by atoms with Gasteiger partial charge in [-0.2, -0.15) is 5.10 Å². The van der Waals surface area contributed by atoms with Crippen LogP contribution in [0.3, 0.4) is 0 Å². The van der Waals surface area contributed by atoms with E-state index < -0.39 is 0 Å². The molecular weight excluding hydrogens is 308 g/mol. The molecule has 1 N–H and O–H groups in total. The van der Waals surface area contributed by atoms with Crippen molar-refractivity contribution in [3.63, 3.8) is 0 Å². The molecule has 0 bridgehead atoms. The summed E-state index contributed by atoms with van der Waals surface area (Å²) in [6.45, 7) is 3.50. The molecule has 128 valence electrons. The molecule has 1 amide bonds. The number of carbonyl (C=O) groups is 1. The van der Waals surface area contributed by atoms with E-state index in [1.807, 2.05) is 24.0 Å². The van der Waals surface area contributed by atoms with Crippen molar-refractivity contribution in [1.82, 2.24) is 20.1 Å². The van der Waals surface area contributed by atoms with Crippen LogP contribution in [0.4, 0.5) is 0 Å². The first kappa shape index (κ1) is 16.4. The predicted octanol–water partition coefficient (Wildman–Crippen LogP) is 1.71. The van der Waals surface area contributed by atoms with Gasteiger partial charge < -0.3 is 14.8 Å². The standard InChI is InChI=1S/C17H22N4O3/c1-2-21-11-13(9-19-21)17-15(6-4-8-23-17)20-16(22)12-24-14-5-3-7-18-10-14/h3,5,7,9-11,15,17H,2,4,6,8,12H2,1H3,(H,20,22)/t15-,17+/m0/s1. The number of hydrogen-bond donors (Lipinski definition) is 1. The molecule has 1 aliphatic heterocycles. The molecule has 0 aliphatic carbocycles. The Morgan fingerprint density at radius 3 is 3.17 bits per heavy atom. The summed E-state index contributed by atoms with van der Waals surface area (Å²) in [5.41, 5.74) is 0.995. The molecule has 7 heteroatoms. The van der Waals surface area contributed by atoms with Crippen LogP contribution >= 0.6 is 0 Å². The van der Waals surface area contributed by atoms with Crippen LogP contribution in [0.15, 0.2) is 36.9 Å². The van der Waals surface area contributed by atoms with Gasteiger partial charge in [-0.1, -0.05) is 0 Å². The Morgan fingerprint density at radius 1 is 1.50 bits per heavy atom. The van der Waals surface area contributed by atoms with Gasteiger partial charge in [-0.3, -0.25) is 14.5 Å². The summed E-state index contributed by atoms with van der Waals surface area (Å²) < 4.78 is 13.2. The summed E-state index contributed by atoms with van der Waals surface area (Å²) in [5, 5.41) is 7.31. The SMILES string of the molecule is CCn1cc([C@H]2OCCC[C@@H]2NC(=O)COc2cccnc2)cn1. The summed E-state index contributed by atoms with van der Waals surface area (Å²) in [5.74, 6) is 0.413. The van der Waals surface area contributed by atoms with E-state index in [-0.39, 0.29) is 24.7 Å². The Kier molecular flexibility index (Phi) is 5.43. The third kappa shape index (κ3) is 4.11. The number of aromatic nitrogens is 3. The number of pyridine rings is 1. The molecule has 2 aromatic heterocycles.